The summed E-state index contributed by atoms with van der Waals surface area (Å²) in [5, 5.41) is 3.52. The Morgan fingerprint density at radius 1 is 1.07 bits per heavy atom. The number of hydrogen-bond donors (Lipinski definition) is 1. The third kappa shape index (κ3) is 3.72. The van der Waals surface area contributed by atoms with Crippen molar-refractivity contribution in [1.82, 2.24) is 0 Å². The van der Waals surface area contributed by atoms with Crippen molar-refractivity contribution >= 4 is 22.6 Å². The van der Waals surface area contributed by atoms with E-state index in [0.29, 0.717) is 41.7 Å². The number of aryl methyl sites for hydroxylation is 1. The molecule has 7 nitrogen and oxygen atoms in total. The Bertz CT molecular complexity index is 1070. The van der Waals surface area contributed by atoms with E-state index in [1.54, 1.807) is 36.4 Å². The molecular weight excluding hydrogens is 350 g/mol. The number of carbonyl (C=O) groups is 1. The highest BCUT2D eigenvalue weighted by atomic mass is 16.6. The summed E-state index contributed by atoms with van der Waals surface area (Å²) < 4.78 is 21.6. The van der Waals surface area contributed by atoms with Crippen LogP contribution in [0.15, 0.2) is 51.7 Å². The van der Waals surface area contributed by atoms with Crippen LogP contribution in [0.3, 0.4) is 0 Å². The van der Waals surface area contributed by atoms with E-state index in [9.17, 15) is 9.59 Å². The highest BCUT2D eigenvalue weighted by molar-refractivity contribution is 5.92. The van der Waals surface area contributed by atoms with Gasteiger partial charge in [0.1, 0.15) is 24.5 Å². The lowest BCUT2D eigenvalue weighted by Gasteiger charge is -2.19. The van der Waals surface area contributed by atoms with E-state index >= 15 is 0 Å². The smallest absolute Gasteiger partial charge is 0.336 e. The second-order valence-electron chi connectivity index (χ2n) is 6.10. The molecule has 4 rings (SSSR count). The van der Waals surface area contributed by atoms with Crippen molar-refractivity contribution < 1.29 is 23.4 Å². The molecule has 1 aliphatic heterocycles. The number of hydrogen-bond acceptors (Lipinski definition) is 6. The fourth-order valence-corrected chi connectivity index (χ4v) is 2.86. The van der Waals surface area contributed by atoms with Gasteiger partial charge in [0.15, 0.2) is 18.1 Å². The van der Waals surface area contributed by atoms with Crippen LogP contribution >= 0.6 is 0 Å². The molecule has 0 fully saturated rings. The zero-order chi connectivity index (χ0) is 18.8. The summed E-state index contributed by atoms with van der Waals surface area (Å²) in [5.41, 5.74) is 1.47. The fourth-order valence-electron chi connectivity index (χ4n) is 2.86. The zero-order valence-corrected chi connectivity index (χ0v) is 14.6. The monoisotopic (exact) mass is 367 g/mol. The quantitative estimate of drug-likeness (QED) is 0.714. The number of rotatable bonds is 4. The van der Waals surface area contributed by atoms with Gasteiger partial charge in [-0.3, -0.25) is 4.79 Å². The molecular formula is C20H17NO6. The summed E-state index contributed by atoms with van der Waals surface area (Å²) in [7, 11) is 0. The lowest BCUT2D eigenvalue weighted by Crippen LogP contribution is -2.20. The molecule has 0 saturated carbocycles. The number of nitrogens with one attached hydrogen (secondary N) is 1. The average Bonchev–Trinajstić information content (AvgIpc) is 2.66. The van der Waals surface area contributed by atoms with Gasteiger partial charge in [0, 0.05) is 23.2 Å². The molecule has 1 N–H and O–H groups in total. The molecule has 0 saturated heterocycles. The molecule has 27 heavy (non-hydrogen) atoms. The van der Waals surface area contributed by atoms with Gasteiger partial charge in [-0.25, -0.2) is 4.79 Å². The molecule has 2 aromatic carbocycles. The summed E-state index contributed by atoms with van der Waals surface area (Å²) in [4.78, 5) is 23.6. The molecule has 0 aliphatic carbocycles. The Balaban J connectivity index is 1.42. The van der Waals surface area contributed by atoms with E-state index in [1.165, 1.54) is 6.07 Å². The van der Waals surface area contributed by atoms with Crippen molar-refractivity contribution in [3.8, 4) is 17.2 Å². The predicted octanol–water partition coefficient (Wildman–Crippen LogP) is 2.89. The fraction of sp³-hybridized carbons (Fsp3) is 0.200. The second kappa shape index (κ2) is 7.03. The summed E-state index contributed by atoms with van der Waals surface area (Å²) in [6.45, 7) is 2.66. The molecule has 0 spiro atoms. The molecule has 1 aromatic heterocycles. The lowest BCUT2D eigenvalue weighted by molar-refractivity contribution is -0.118. The van der Waals surface area contributed by atoms with Crippen LogP contribution in [0.4, 0.5) is 5.69 Å². The summed E-state index contributed by atoms with van der Waals surface area (Å²) >= 11 is 0. The number of anilines is 1. The van der Waals surface area contributed by atoms with E-state index in [-0.39, 0.29) is 12.5 Å². The minimum Gasteiger partial charge on any atom is -0.486 e. The van der Waals surface area contributed by atoms with Crippen LogP contribution in [0.5, 0.6) is 17.2 Å². The molecule has 0 radical (unpaired) electrons. The van der Waals surface area contributed by atoms with Crippen LogP contribution in [0, 0.1) is 6.92 Å². The first-order valence-corrected chi connectivity index (χ1v) is 8.45. The average molecular weight is 367 g/mol. The van der Waals surface area contributed by atoms with Gasteiger partial charge >= 0.3 is 5.63 Å². The van der Waals surface area contributed by atoms with E-state index in [2.05, 4.69) is 5.32 Å². The highest BCUT2D eigenvalue weighted by Gasteiger charge is 2.13. The van der Waals surface area contributed by atoms with Crippen molar-refractivity contribution in [3.05, 3.63) is 58.4 Å². The van der Waals surface area contributed by atoms with Crippen molar-refractivity contribution in [3.63, 3.8) is 0 Å². The maximum Gasteiger partial charge on any atom is 0.336 e. The van der Waals surface area contributed by atoms with Crippen molar-refractivity contribution in [1.29, 1.82) is 0 Å². The van der Waals surface area contributed by atoms with Crippen molar-refractivity contribution in [2.75, 3.05) is 25.1 Å². The Morgan fingerprint density at radius 3 is 2.74 bits per heavy atom. The minimum atomic E-state index is -0.396. The normalized spacial score (nSPS) is 12.6. The first-order valence-electron chi connectivity index (χ1n) is 8.45. The molecule has 1 aliphatic rings. The standard InChI is InChI=1S/C20H17NO6/c1-12-8-20(23)27-16-5-3-14(10-15(12)16)26-11-19(22)21-13-2-4-17-18(9-13)25-7-6-24-17/h2-5,8-10H,6-7,11H2,1H3,(H,21,22). The van der Waals surface area contributed by atoms with Crippen LogP contribution in [-0.2, 0) is 4.79 Å². The van der Waals surface area contributed by atoms with Crippen LogP contribution in [0.1, 0.15) is 5.56 Å². The Kier molecular flexibility index (Phi) is 4.42. The Morgan fingerprint density at radius 2 is 1.89 bits per heavy atom. The van der Waals surface area contributed by atoms with Crippen LogP contribution in [0.2, 0.25) is 0 Å². The van der Waals surface area contributed by atoms with Gasteiger partial charge in [0.05, 0.1) is 0 Å². The third-order valence-electron chi connectivity index (χ3n) is 4.12. The van der Waals surface area contributed by atoms with Crippen LogP contribution in [-0.4, -0.2) is 25.7 Å². The van der Waals surface area contributed by atoms with Crippen LogP contribution < -0.4 is 25.2 Å². The lowest BCUT2D eigenvalue weighted by atomic mass is 10.1. The molecule has 138 valence electrons. The van der Waals surface area contributed by atoms with Gasteiger partial charge in [-0.05, 0) is 42.8 Å². The molecule has 0 atom stereocenters. The maximum atomic E-state index is 12.2. The van der Waals surface area contributed by atoms with E-state index < -0.39 is 5.63 Å². The first kappa shape index (κ1) is 17.0. The number of benzene rings is 2. The molecule has 0 bridgehead atoms. The minimum absolute atomic E-state index is 0.157. The first-order chi connectivity index (χ1) is 13.1. The molecule has 0 unspecified atom stereocenters. The second-order valence-corrected chi connectivity index (χ2v) is 6.10. The van der Waals surface area contributed by atoms with Crippen LogP contribution in [0.25, 0.3) is 11.0 Å². The zero-order valence-electron chi connectivity index (χ0n) is 14.6. The van der Waals surface area contributed by atoms with Crippen molar-refractivity contribution in [2.45, 2.75) is 6.92 Å². The van der Waals surface area contributed by atoms with Gasteiger partial charge in [-0.1, -0.05) is 0 Å². The molecule has 1 amide bonds. The van der Waals surface area contributed by atoms with E-state index in [1.807, 2.05) is 6.92 Å². The maximum absolute atomic E-state index is 12.2. The molecule has 2 heterocycles. The van der Waals surface area contributed by atoms with Gasteiger partial charge in [0.25, 0.3) is 5.91 Å². The SMILES string of the molecule is Cc1cc(=O)oc2ccc(OCC(=O)Nc3ccc4c(c3)OCCO4)cc12. The van der Waals surface area contributed by atoms with Gasteiger partial charge < -0.3 is 23.9 Å². The van der Waals surface area contributed by atoms with Gasteiger partial charge in [0.2, 0.25) is 0 Å². The van der Waals surface area contributed by atoms with Gasteiger partial charge in [-0.15, -0.1) is 0 Å². The summed E-state index contributed by atoms with van der Waals surface area (Å²) in [6.07, 6.45) is 0. The number of fused-ring (bicyclic) bond motifs is 2. The Labute approximate surface area is 154 Å². The Hall–Kier alpha value is -3.48. The topological polar surface area (TPSA) is 87.0 Å². The highest BCUT2D eigenvalue weighted by Crippen LogP contribution is 2.32. The number of amides is 1. The largest absolute Gasteiger partial charge is 0.486 e. The predicted molar refractivity (Wildman–Crippen MR) is 98.8 cm³/mol. The van der Waals surface area contributed by atoms with Crippen molar-refractivity contribution in [2.24, 2.45) is 0 Å². The summed E-state index contributed by atoms with van der Waals surface area (Å²) in [5.74, 6) is 1.47. The van der Waals surface area contributed by atoms with E-state index in [0.717, 1.165) is 10.9 Å². The molecule has 7 heteroatoms. The number of ether oxygens (including phenoxy) is 3. The van der Waals surface area contributed by atoms with Gasteiger partial charge in [-0.2, -0.15) is 0 Å². The number of carbonyl (C=O) groups excluding carboxylic acids is 1. The molecule has 3 aromatic rings. The summed E-state index contributed by atoms with van der Waals surface area (Å²) in [6, 6.07) is 11.7. The third-order valence-corrected chi connectivity index (χ3v) is 4.12. The van der Waals surface area contributed by atoms with E-state index in [4.69, 9.17) is 18.6 Å².